The number of hydrogen-bond acceptors (Lipinski definition) is 3. The molecule has 0 aromatic heterocycles. The Labute approximate surface area is 116 Å². The van der Waals surface area contributed by atoms with E-state index >= 15 is 0 Å². The number of nitrogens with zero attached hydrogens (tertiary/aromatic N) is 2. The van der Waals surface area contributed by atoms with Crippen LogP contribution in [0.15, 0.2) is 24.3 Å². The van der Waals surface area contributed by atoms with Crippen LogP contribution < -0.4 is 10.2 Å². The monoisotopic (exact) mass is 257 g/mol. The molecule has 19 heavy (non-hydrogen) atoms. The minimum absolute atomic E-state index is 0.165. The topological polar surface area (TPSA) is 39.1 Å². The average molecular weight is 257 g/mol. The molecule has 1 atom stereocenters. The molecular weight excluding hydrogens is 234 g/mol. The van der Waals surface area contributed by atoms with Gasteiger partial charge in [0.05, 0.1) is 11.6 Å². The summed E-state index contributed by atoms with van der Waals surface area (Å²) in [6.07, 6.45) is 2.46. The van der Waals surface area contributed by atoms with E-state index in [1.807, 2.05) is 25.2 Å². The molecule has 1 aromatic carbocycles. The molecule has 0 amide bonds. The van der Waals surface area contributed by atoms with Gasteiger partial charge in [-0.1, -0.05) is 6.07 Å². The second-order valence-electron chi connectivity index (χ2n) is 6.05. The first-order valence-electron chi connectivity index (χ1n) is 6.99. The Morgan fingerprint density at radius 1 is 1.47 bits per heavy atom. The molecule has 0 spiro atoms. The maximum absolute atomic E-state index is 9.05. The van der Waals surface area contributed by atoms with Gasteiger partial charge in [0.25, 0.3) is 0 Å². The third-order valence-corrected chi connectivity index (χ3v) is 4.12. The molecule has 1 fully saturated rings. The molecule has 1 aliphatic heterocycles. The molecule has 0 aliphatic carbocycles. The van der Waals surface area contributed by atoms with E-state index in [0.717, 1.165) is 18.7 Å². The van der Waals surface area contributed by atoms with Crippen LogP contribution in [0.5, 0.6) is 0 Å². The molecule has 0 bridgehead atoms. The van der Waals surface area contributed by atoms with E-state index < -0.39 is 0 Å². The van der Waals surface area contributed by atoms with Gasteiger partial charge < -0.3 is 10.2 Å². The molecule has 1 unspecified atom stereocenters. The molecule has 1 heterocycles. The fourth-order valence-corrected chi connectivity index (χ4v) is 2.94. The predicted molar refractivity (Wildman–Crippen MR) is 79.2 cm³/mol. The summed E-state index contributed by atoms with van der Waals surface area (Å²) in [7, 11) is 2.01. The van der Waals surface area contributed by atoms with Gasteiger partial charge in [-0.3, -0.25) is 0 Å². The Morgan fingerprint density at radius 2 is 2.26 bits per heavy atom. The average Bonchev–Trinajstić information content (AvgIpc) is 2.41. The Balaban J connectivity index is 2.25. The Bertz CT molecular complexity index is 473. The van der Waals surface area contributed by atoms with Gasteiger partial charge >= 0.3 is 0 Å². The lowest BCUT2D eigenvalue weighted by molar-refractivity contribution is 0.287. The first kappa shape index (κ1) is 13.9. The molecule has 1 aromatic rings. The van der Waals surface area contributed by atoms with E-state index in [1.54, 1.807) is 0 Å². The number of piperidine rings is 1. The van der Waals surface area contributed by atoms with Gasteiger partial charge in [0, 0.05) is 17.8 Å². The maximum atomic E-state index is 9.05. The summed E-state index contributed by atoms with van der Waals surface area (Å²) in [6.45, 7) is 6.70. The van der Waals surface area contributed by atoms with Crippen molar-refractivity contribution in [2.24, 2.45) is 5.92 Å². The molecular formula is C16H23N3. The van der Waals surface area contributed by atoms with Crippen molar-refractivity contribution in [2.45, 2.75) is 32.2 Å². The van der Waals surface area contributed by atoms with Crippen LogP contribution in [-0.4, -0.2) is 25.7 Å². The Kier molecular flexibility index (Phi) is 4.11. The minimum Gasteiger partial charge on any atom is -0.366 e. The van der Waals surface area contributed by atoms with Crippen LogP contribution in [0.1, 0.15) is 32.3 Å². The molecule has 3 heteroatoms. The first-order chi connectivity index (χ1) is 9.06. The van der Waals surface area contributed by atoms with E-state index in [1.165, 1.54) is 18.5 Å². The summed E-state index contributed by atoms with van der Waals surface area (Å²) in [5, 5.41) is 12.3. The van der Waals surface area contributed by atoms with Crippen LogP contribution in [0.3, 0.4) is 0 Å². The SMILES string of the molecule is CNCC1CCC(C)(C)N(c2cccc(C#N)c2)C1. The zero-order chi connectivity index (χ0) is 13.9. The zero-order valence-corrected chi connectivity index (χ0v) is 12.1. The molecule has 2 rings (SSSR count). The lowest BCUT2D eigenvalue weighted by Gasteiger charge is -2.47. The van der Waals surface area contributed by atoms with Crippen LogP contribution in [-0.2, 0) is 0 Å². The first-order valence-corrected chi connectivity index (χ1v) is 6.99. The molecule has 1 aliphatic rings. The van der Waals surface area contributed by atoms with Gasteiger partial charge in [-0.15, -0.1) is 0 Å². The normalized spacial score (nSPS) is 22.0. The van der Waals surface area contributed by atoms with Crippen LogP contribution in [0.2, 0.25) is 0 Å². The summed E-state index contributed by atoms with van der Waals surface area (Å²) in [6, 6.07) is 10.2. The van der Waals surface area contributed by atoms with Crippen molar-refractivity contribution in [3.05, 3.63) is 29.8 Å². The highest BCUT2D eigenvalue weighted by atomic mass is 15.2. The highest BCUT2D eigenvalue weighted by molar-refractivity contribution is 5.53. The summed E-state index contributed by atoms with van der Waals surface area (Å²) in [4.78, 5) is 2.46. The Hall–Kier alpha value is -1.53. The van der Waals surface area contributed by atoms with Crippen LogP contribution in [0, 0.1) is 17.2 Å². The minimum atomic E-state index is 0.165. The van der Waals surface area contributed by atoms with E-state index in [0.29, 0.717) is 5.92 Å². The highest BCUT2D eigenvalue weighted by Crippen LogP contribution is 2.34. The summed E-state index contributed by atoms with van der Waals surface area (Å²) in [5.41, 5.74) is 2.08. The van der Waals surface area contributed by atoms with Gasteiger partial charge in [-0.2, -0.15) is 5.26 Å². The number of anilines is 1. The van der Waals surface area contributed by atoms with Crippen molar-refractivity contribution in [3.63, 3.8) is 0 Å². The van der Waals surface area contributed by atoms with E-state index in [2.05, 4.69) is 36.2 Å². The molecule has 102 valence electrons. The largest absolute Gasteiger partial charge is 0.366 e. The van der Waals surface area contributed by atoms with Crippen molar-refractivity contribution in [1.82, 2.24) is 5.32 Å². The van der Waals surface area contributed by atoms with Gasteiger partial charge in [-0.05, 0) is 64.4 Å². The van der Waals surface area contributed by atoms with Crippen LogP contribution >= 0.6 is 0 Å². The summed E-state index contributed by atoms with van der Waals surface area (Å²) < 4.78 is 0. The smallest absolute Gasteiger partial charge is 0.0992 e. The molecule has 0 saturated carbocycles. The van der Waals surface area contributed by atoms with Gasteiger partial charge in [0.1, 0.15) is 0 Å². The molecule has 1 N–H and O–H groups in total. The van der Waals surface area contributed by atoms with E-state index in [-0.39, 0.29) is 5.54 Å². The van der Waals surface area contributed by atoms with Gasteiger partial charge in [-0.25, -0.2) is 0 Å². The summed E-state index contributed by atoms with van der Waals surface area (Å²) >= 11 is 0. The van der Waals surface area contributed by atoms with Crippen LogP contribution in [0.25, 0.3) is 0 Å². The predicted octanol–water partition coefficient (Wildman–Crippen LogP) is 2.77. The van der Waals surface area contributed by atoms with Crippen molar-refractivity contribution in [3.8, 4) is 6.07 Å². The zero-order valence-electron chi connectivity index (χ0n) is 12.1. The standard InChI is InChI=1S/C16H23N3/c1-16(2)8-7-14(11-18-3)12-19(16)15-6-4-5-13(9-15)10-17/h4-6,9,14,18H,7-8,11-12H2,1-3H3. The Morgan fingerprint density at radius 3 is 2.95 bits per heavy atom. The molecule has 3 nitrogen and oxygen atoms in total. The fourth-order valence-electron chi connectivity index (χ4n) is 2.94. The third kappa shape index (κ3) is 3.08. The second-order valence-corrected chi connectivity index (χ2v) is 6.05. The maximum Gasteiger partial charge on any atom is 0.0992 e. The summed E-state index contributed by atoms with van der Waals surface area (Å²) in [5.74, 6) is 0.684. The lowest BCUT2D eigenvalue weighted by Crippen LogP contribution is -2.52. The van der Waals surface area contributed by atoms with E-state index in [9.17, 15) is 0 Å². The van der Waals surface area contributed by atoms with Crippen molar-refractivity contribution in [1.29, 1.82) is 5.26 Å². The number of hydrogen-bond donors (Lipinski definition) is 1. The molecule has 1 saturated heterocycles. The number of nitriles is 1. The number of rotatable bonds is 3. The van der Waals surface area contributed by atoms with Crippen LogP contribution in [0.4, 0.5) is 5.69 Å². The quantitative estimate of drug-likeness (QED) is 0.905. The fraction of sp³-hybridized carbons (Fsp3) is 0.562. The number of benzene rings is 1. The lowest BCUT2D eigenvalue weighted by atomic mass is 9.84. The van der Waals surface area contributed by atoms with E-state index in [4.69, 9.17) is 5.26 Å². The second kappa shape index (κ2) is 5.63. The highest BCUT2D eigenvalue weighted by Gasteiger charge is 2.34. The number of nitrogens with one attached hydrogen (secondary N) is 1. The van der Waals surface area contributed by atoms with Gasteiger partial charge in [0.2, 0.25) is 0 Å². The third-order valence-electron chi connectivity index (χ3n) is 4.12. The molecule has 0 radical (unpaired) electrons. The van der Waals surface area contributed by atoms with Gasteiger partial charge in [0.15, 0.2) is 0 Å². The van der Waals surface area contributed by atoms with Crippen molar-refractivity contribution < 1.29 is 0 Å². The van der Waals surface area contributed by atoms with Crippen molar-refractivity contribution in [2.75, 3.05) is 25.0 Å². The van der Waals surface area contributed by atoms with Crippen molar-refractivity contribution >= 4 is 5.69 Å².